The summed E-state index contributed by atoms with van der Waals surface area (Å²) >= 11 is 0. The van der Waals surface area contributed by atoms with Crippen LogP contribution in [-0.2, 0) is 32.3 Å². The van der Waals surface area contributed by atoms with E-state index in [2.05, 4.69) is 5.32 Å². The highest BCUT2D eigenvalue weighted by atomic mass is 32.2. The molecule has 3 aromatic rings. The van der Waals surface area contributed by atoms with Crippen LogP contribution in [0.2, 0.25) is 0 Å². The maximum absolute atomic E-state index is 13.9. The molecule has 4 rings (SSSR count). The second kappa shape index (κ2) is 13.2. The summed E-state index contributed by atoms with van der Waals surface area (Å²) in [5, 5.41) is 2.93. The van der Waals surface area contributed by atoms with Crippen LogP contribution >= 0.6 is 0 Å². The van der Waals surface area contributed by atoms with Gasteiger partial charge < -0.3 is 10.2 Å². The van der Waals surface area contributed by atoms with E-state index in [1.54, 1.807) is 6.92 Å². The third-order valence-corrected chi connectivity index (χ3v) is 9.27. The topological polar surface area (TPSA) is 86.8 Å². The molecule has 3 aromatic carbocycles. The highest BCUT2D eigenvalue weighted by Gasteiger charge is 2.35. The van der Waals surface area contributed by atoms with E-state index in [1.807, 2.05) is 0 Å². The first-order valence-corrected chi connectivity index (χ1v) is 15.3. The maximum Gasteiger partial charge on any atom is 0.416 e. The Bertz CT molecular complexity index is 1540. The average molecular weight is 620 g/mol. The van der Waals surface area contributed by atoms with Crippen LogP contribution in [0.1, 0.15) is 49.3 Å². The van der Waals surface area contributed by atoms with Gasteiger partial charge in [-0.1, -0.05) is 48.7 Å². The fourth-order valence-corrected chi connectivity index (χ4v) is 6.37. The number of hydrogen-bond acceptors (Lipinski definition) is 4. The number of rotatable bonds is 10. The van der Waals surface area contributed by atoms with Crippen molar-refractivity contribution >= 4 is 27.5 Å². The molecule has 0 heterocycles. The minimum atomic E-state index is -4.76. The first-order valence-electron chi connectivity index (χ1n) is 13.9. The van der Waals surface area contributed by atoms with Crippen molar-refractivity contribution in [3.05, 3.63) is 95.3 Å². The van der Waals surface area contributed by atoms with Gasteiger partial charge in [-0.15, -0.1) is 0 Å². The fraction of sp³-hybridized carbons (Fsp3) is 0.355. The largest absolute Gasteiger partial charge is 0.416 e. The minimum Gasteiger partial charge on any atom is -0.352 e. The number of hydrogen-bond donors (Lipinski definition) is 1. The molecule has 7 nitrogen and oxygen atoms in total. The van der Waals surface area contributed by atoms with Gasteiger partial charge in [0.15, 0.2) is 0 Å². The Morgan fingerprint density at radius 2 is 1.60 bits per heavy atom. The number of benzene rings is 3. The van der Waals surface area contributed by atoms with E-state index in [0.29, 0.717) is 15.9 Å². The number of carbonyl (C=O) groups is 2. The molecule has 230 valence electrons. The summed E-state index contributed by atoms with van der Waals surface area (Å²) in [4.78, 5) is 28.1. The zero-order chi connectivity index (χ0) is 31.4. The smallest absolute Gasteiger partial charge is 0.352 e. The van der Waals surface area contributed by atoms with Crippen molar-refractivity contribution < 1.29 is 35.6 Å². The van der Waals surface area contributed by atoms with Crippen molar-refractivity contribution in [2.75, 3.05) is 10.8 Å². The highest BCUT2D eigenvalue weighted by molar-refractivity contribution is 7.92. The lowest BCUT2D eigenvalue weighted by molar-refractivity contribution is -0.139. The van der Waals surface area contributed by atoms with Crippen molar-refractivity contribution in [3.8, 4) is 0 Å². The van der Waals surface area contributed by atoms with Crippen LogP contribution in [0, 0.1) is 12.7 Å². The molecule has 1 aliphatic carbocycles. The van der Waals surface area contributed by atoms with Crippen LogP contribution in [-0.4, -0.2) is 43.8 Å². The molecule has 0 aromatic heterocycles. The molecule has 12 heteroatoms. The Kier molecular flexibility index (Phi) is 9.79. The highest BCUT2D eigenvalue weighted by Crippen LogP contribution is 2.33. The third kappa shape index (κ3) is 7.92. The van der Waals surface area contributed by atoms with Crippen molar-refractivity contribution in [3.63, 3.8) is 0 Å². The summed E-state index contributed by atoms with van der Waals surface area (Å²) < 4.78 is 82.7. The summed E-state index contributed by atoms with van der Waals surface area (Å²) in [5.74, 6) is -1.78. The molecule has 1 fully saturated rings. The van der Waals surface area contributed by atoms with E-state index in [4.69, 9.17) is 0 Å². The minimum absolute atomic E-state index is 0.0544. The Labute approximate surface area is 248 Å². The molecule has 1 aliphatic rings. The van der Waals surface area contributed by atoms with Gasteiger partial charge in [0.2, 0.25) is 11.8 Å². The quantitative estimate of drug-likeness (QED) is 0.290. The number of aryl methyl sites for hydroxylation is 1. The number of alkyl halides is 3. The van der Waals surface area contributed by atoms with Crippen molar-refractivity contribution in [1.82, 2.24) is 10.2 Å². The van der Waals surface area contributed by atoms with E-state index < -0.39 is 52.0 Å². The van der Waals surface area contributed by atoms with Crippen molar-refractivity contribution in [1.29, 1.82) is 0 Å². The summed E-state index contributed by atoms with van der Waals surface area (Å²) in [6.45, 7) is 2.18. The Morgan fingerprint density at radius 1 is 0.977 bits per heavy atom. The fourth-order valence-electron chi connectivity index (χ4n) is 4.96. The van der Waals surface area contributed by atoms with Gasteiger partial charge in [0.25, 0.3) is 10.0 Å². The summed E-state index contributed by atoms with van der Waals surface area (Å²) in [6, 6.07) is 13.5. The van der Waals surface area contributed by atoms with Gasteiger partial charge in [0.05, 0.1) is 16.1 Å². The van der Waals surface area contributed by atoms with Crippen molar-refractivity contribution in [2.24, 2.45) is 0 Å². The second-order valence-electron chi connectivity index (χ2n) is 10.7. The van der Waals surface area contributed by atoms with Gasteiger partial charge in [-0.25, -0.2) is 12.8 Å². The van der Waals surface area contributed by atoms with E-state index in [0.717, 1.165) is 48.3 Å². The van der Waals surface area contributed by atoms with Gasteiger partial charge >= 0.3 is 6.18 Å². The zero-order valence-corrected chi connectivity index (χ0v) is 24.6. The first-order chi connectivity index (χ1) is 20.3. The number of sulfonamides is 1. The summed E-state index contributed by atoms with van der Waals surface area (Å²) in [5.41, 5.74) is -0.224. The van der Waals surface area contributed by atoms with Crippen LogP contribution in [0.15, 0.2) is 77.7 Å². The summed E-state index contributed by atoms with van der Waals surface area (Å²) in [7, 11) is -4.54. The first kappa shape index (κ1) is 32.0. The van der Waals surface area contributed by atoms with Crippen LogP contribution in [0.5, 0.6) is 0 Å². The number of halogens is 4. The molecular formula is C31H33F4N3O4S. The third-order valence-electron chi connectivity index (χ3n) is 7.48. The number of nitrogens with zero attached hydrogens (tertiary/aromatic N) is 2. The molecule has 0 radical (unpaired) electrons. The predicted octanol–water partition coefficient (Wildman–Crippen LogP) is 5.82. The molecule has 43 heavy (non-hydrogen) atoms. The Balaban J connectivity index is 1.73. The summed E-state index contributed by atoms with van der Waals surface area (Å²) in [6.07, 6.45) is -1.26. The van der Waals surface area contributed by atoms with Crippen LogP contribution in [0.25, 0.3) is 0 Å². The zero-order valence-electron chi connectivity index (χ0n) is 23.8. The van der Waals surface area contributed by atoms with E-state index in [1.165, 1.54) is 61.5 Å². The van der Waals surface area contributed by atoms with Crippen LogP contribution in [0.4, 0.5) is 23.2 Å². The molecular weight excluding hydrogens is 586 g/mol. The molecule has 0 unspecified atom stereocenters. The lowest BCUT2D eigenvalue weighted by Crippen LogP contribution is -2.52. The molecule has 1 N–H and O–H groups in total. The Hall–Kier alpha value is -3.93. The monoisotopic (exact) mass is 619 g/mol. The average Bonchev–Trinajstić information content (AvgIpc) is 3.48. The molecule has 2 amide bonds. The number of nitrogens with one attached hydrogen (secondary N) is 1. The van der Waals surface area contributed by atoms with Gasteiger partial charge in [-0.05, 0) is 74.7 Å². The van der Waals surface area contributed by atoms with Crippen molar-refractivity contribution in [2.45, 2.75) is 69.2 Å². The van der Waals surface area contributed by atoms with Gasteiger partial charge in [0, 0.05) is 12.6 Å². The van der Waals surface area contributed by atoms with Gasteiger partial charge in [-0.2, -0.15) is 13.2 Å². The number of anilines is 1. The molecule has 0 spiro atoms. The maximum atomic E-state index is 13.9. The molecule has 0 saturated heterocycles. The van der Waals surface area contributed by atoms with Crippen LogP contribution < -0.4 is 9.62 Å². The van der Waals surface area contributed by atoms with Gasteiger partial charge in [-0.3, -0.25) is 13.9 Å². The van der Waals surface area contributed by atoms with Crippen LogP contribution in [0.3, 0.4) is 0 Å². The molecule has 1 atom stereocenters. The molecule has 0 aliphatic heterocycles. The van der Waals surface area contributed by atoms with E-state index in [-0.39, 0.29) is 23.2 Å². The SMILES string of the molecule is Cc1ccc(S(=O)(=O)N(CC(=O)N(Cc2ccc(F)cc2)[C@@H](C)C(=O)NC2CCCC2)c2cccc(C(F)(F)F)c2)cc1. The number of amides is 2. The lowest BCUT2D eigenvalue weighted by Gasteiger charge is -2.32. The van der Waals surface area contributed by atoms with E-state index in [9.17, 15) is 35.6 Å². The molecule has 0 bridgehead atoms. The van der Waals surface area contributed by atoms with E-state index >= 15 is 0 Å². The second-order valence-corrected chi connectivity index (χ2v) is 12.5. The predicted molar refractivity (Wildman–Crippen MR) is 154 cm³/mol. The molecule has 1 saturated carbocycles. The lowest BCUT2D eigenvalue weighted by atomic mass is 10.1. The number of carbonyl (C=O) groups excluding carboxylic acids is 2. The Morgan fingerprint density at radius 3 is 2.21 bits per heavy atom. The normalized spacial score (nSPS) is 14.7. The standard InChI is InChI=1S/C31H33F4N3O4S/c1-21-10-16-28(17-11-21)43(41,42)38(27-9-5-6-24(18-27)31(33,34)35)20-29(39)37(19-23-12-14-25(32)15-13-23)22(2)30(40)36-26-7-3-4-8-26/h5-6,9-18,22,26H,3-4,7-8,19-20H2,1-2H3,(H,36,40)/t22-/m0/s1. The van der Waals surface area contributed by atoms with Gasteiger partial charge in [0.1, 0.15) is 18.4 Å².